The van der Waals surface area contributed by atoms with E-state index in [0.29, 0.717) is 0 Å². The van der Waals surface area contributed by atoms with Gasteiger partial charge in [0.1, 0.15) is 0 Å². The number of sulfonamides is 1. The molecular formula is C6H9F2NO2S. The molecule has 3 nitrogen and oxygen atoms in total. The zero-order chi connectivity index (χ0) is 9.99. The van der Waals surface area contributed by atoms with Crippen LogP contribution in [0.2, 0.25) is 0 Å². The van der Waals surface area contributed by atoms with Crippen molar-refractivity contribution in [3.05, 3.63) is 0 Å². The third-order valence-electron chi connectivity index (χ3n) is 0.993. The van der Waals surface area contributed by atoms with E-state index in [1.807, 2.05) is 5.92 Å². The summed E-state index contributed by atoms with van der Waals surface area (Å²) >= 11 is 0. The third-order valence-corrected chi connectivity index (χ3v) is 2.26. The number of alkyl halides is 2. The number of nitrogens with one attached hydrogen (secondary N) is 1. The van der Waals surface area contributed by atoms with Gasteiger partial charge in [0.25, 0.3) is 10.0 Å². The molecule has 0 aliphatic heterocycles. The molecule has 0 spiro atoms. The Bertz CT molecular complexity index is 289. The van der Waals surface area contributed by atoms with Crippen molar-refractivity contribution in [3.8, 4) is 12.3 Å². The van der Waals surface area contributed by atoms with Crippen molar-refractivity contribution in [1.82, 2.24) is 4.72 Å². The van der Waals surface area contributed by atoms with Crippen molar-refractivity contribution in [2.75, 3.05) is 0 Å². The van der Waals surface area contributed by atoms with Crippen LogP contribution in [0.25, 0.3) is 0 Å². The molecule has 0 atom stereocenters. The van der Waals surface area contributed by atoms with Crippen molar-refractivity contribution >= 4 is 10.0 Å². The van der Waals surface area contributed by atoms with Gasteiger partial charge >= 0.3 is 5.76 Å². The minimum atomic E-state index is -4.59. The second kappa shape index (κ2) is 3.37. The van der Waals surface area contributed by atoms with E-state index in [0.717, 1.165) is 0 Å². The van der Waals surface area contributed by atoms with Gasteiger partial charge in [-0.2, -0.15) is 13.5 Å². The first-order valence-electron chi connectivity index (χ1n) is 3.00. The van der Waals surface area contributed by atoms with E-state index < -0.39 is 21.3 Å². The molecule has 6 heteroatoms. The van der Waals surface area contributed by atoms with Crippen LogP contribution in [0.3, 0.4) is 0 Å². The monoisotopic (exact) mass is 197 g/mol. The SMILES string of the molecule is C#CC(C)(C)NS(=O)(=O)C(F)F. The van der Waals surface area contributed by atoms with Gasteiger partial charge in [-0.05, 0) is 13.8 Å². The molecule has 0 saturated heterocycles. The van der Waals surface area contributed by atoms with Gasteiger partial charge in [-0.25, -0.2) is 8.42 Å². The third kappa shape index (κ3) is 3.15. The lowest BCUT2D eigenvalue weighted by Crippen LogP contribution is -2.44. The van der Waals surface area contributed by atoms with E-state index in [2.05, 4.69) is 0 Å². The van der Waals surface area contributed by atoms with Gasteiger partial charge in [0.2, 0.25) is 0 Å². The predicted molar refractivity (Wildman–Crippen MR) is 41.0 cm³/mol. The molecule has 0 saturated carbocycles. The summed E-state index contributed by atoms with van der Waals surface area (Å²) in [5.74, 6) is -1.42. The fraction of sp³-hybridized carbons (Fsp3) is 0.667. The van der Waals surface area contributed by atoms with Crippen LogP contribution < -0.4 is 4.72 Å². The molecule has 0 unspecified atom stereocenters. The highest BCUT2D eigenvalue weighted by Crippen LogP contribution is 2.08. The van der Waals surface area contributed by atoms with Crippen molar-refractivity contribution in [2.45, 2.75) is 25.1 Å². The van der Waals surface area contributed by atoms with Crippen LogP contribution in [0.1, 0.15) is 13.8 Å². The molecule has 0 radical (unpaired) electrons. The Hall–Kier alpha value is -0.670. The summed E-state index contributed by atoms with van der Waals surface area (Å²) in [6, 6.07) is 0. The van der Waals surface area contributed by atoms with E-state index in [1.54, 1.807) is 4.72 Å². The highest BCUT2D eigenvalue weighted by atomic mass is 32.2. The van der Waals surface area contributed by atoms with Crippen LogP contribution >= 0.6 is 0 Å². The topological polar surface area (TPSA) is 46.2 Å². The lowest BCUT2D eigenvalue weighted by molar-refractivity contribution is 0.230. The molecule has 0 aliphatic rings. The van der Waals surface area contributed by atoms with E-state index in [1.165, 1.54) is 13.8 Å². The summed E-state index contributed by atoms with van der Waals surface area (Å²) in [4.78, 5) is 0. The summed E-state index contributed by atoms with van der Waals surface area (Å²) in [7, 11) is -4.59. The second-order valence-corrected chi connectivity index (χ2v) is 4.33. The molecule has 0 rings (SSSR count). The molecule has 0 aromatic rings. The summed E-state index contributed by atoms with van der Waals surface area (Å²) in [5, 5.41) is 0. The maximum absolute atomic E-state index is 11.8. The molecule has 0 aliphatic carbocycles. The number of hydrogen-bond donors (Lipinski definition) is 1. The number of rotatable bonds is 3. The van der Waals surface area contributed by atoms with Gasteiger partial charge in [0, 0.05) is 0 Å². The highest BCUT2D eigenvalue weighted by Gasteiger charge is 2.30. The van der Waals surface area contributed by atoms with E-state index in [4.69, 9.17) is 6.42 Å². The summed E-state index contributed by atoms with van der Waals surface area (Å²) in [6.45, 7) is 2.62. The predicted octanol–water partition coefficient (Wildman–Crippen LogP) is 0.540. The standard InChI is InChI=1S/C6H9F2NO2S/c1-4-6(2,3)9-12(10,11)5(7)8/h1,5,9H,2-3H3. The van der Waals surface area contributed by atoms with Crippen LogP contribution in [0.4, 0.5) is 8.78 Å². The Kier molecular flexibility index (Phi) is 3.18. The Labute approximate surface area is 70.2 Å². The van der Waals surface area contributed by atoms with Crippen molar-refractivity contribution in [1.29, 1.82) is 0 Å². The highest BCUT2D eigenvalue weighted by molar-refractivity contribution is 7.89. The molecule has 0 fully saturated rings. The van der Waals surface area contributed by atoms with Gasteiger partial charge < -0.3 is 0 Å². The smallest absolute Gasteiger partial charge is 0.206 e. The fourth-order valence-corrected chi connectivity index (χ4v) is 1.29. The van der Waals surface area contributed by atoms with Crippen molar-refractivity contribution in [3.63, 3.8) is 0 Å². The van der Waals surface area contributed by atoms with Crippen LogP contribution in [0.5, 0.6) is 0 Å². The molecule has 0 amide bonds. The molecule has 0 heterocycles. The Morgan fingerprint density at radius 1 is 1.50 bits per heavy atom. The molecule has 0 aromatic heterocycles. The zero-order valence-corrected chi connectivity index (χ0v) is 7.45. The Balaban J connectivity index is 4.61. The quantitative estimate of drug-likeness (QED) is 0.671. The average Bonchev–Trinajstić information content (AvgIpc) is 1.85. The Morgan fingerprint density at radius 2 is 1.92 bits per heavy atom. The van der Waals surface area contributed by atoms with Crippen LogP contribution in [-0.2, 0) is 10.0 Å². The van der Waals surface area contributed by atoms with Gasteiger partial charge in [-0.1, -0.05) is 5.92 Å². The van der Waals surface area contributed by atoms with E-state index >= 15 is 0 Å². The maximum atomic E-state index is 11.8. The van der Waals surface area contributed by atoms with Gasteiger partial charge in [-0.15, -0.1) is 6.42 Å². The Morgan fingerprint density at radius 3 is 2.17 bits per heavy atom. The minimum absolute atomic E-state index is 1.28. The van der Waals surface area contributed by atoms with E-state index in [-0.39, 0.29) is 0 Å². The van der Waals surface area contributed by atoms with Crippen molar-refractivity contribution < 1.29 is 17.2 Å². The molecule has 70 valence electrons. The summed E-state index contributed by atoms with van der Waals surface area (Å²) < 4.78 is 46.3. The lowest BCUT2D eigenvalue weighted by atomic mass is 10.1. The fourth-order valence-electron chi connectivity index (χ4n) is 0.430. The van der Waals surface area contributed by atoms with Gasteiger partial charge in [0.15, 0.2) is 0 Å². The zero-order valence-electron chi connectivity index (χ0n) is 6.64. The largest absolute Gasteiger partial charge is 0.350 e. The van der Waals surface area contributed by atoms with Crippen LogP contribution in [-0.4, -0.2) is 19.7 Å². The first kappa shape index (κ1) is 11.3. The lowest BCUT2D eigenvalue weighted by Gasteiger charge is -2.18. The summed E-state index contributed by atoms with van der Waals surface area (Å²) in [6.07, 6.45) is 4.89. The number of halogens is 2. The molecule has 1 N–H and O–H groups in total. The molecule has 0 aromatic carbocycles. The maximum Gasteiger partial charge on any atom is 0.350 e. The van der Waals surface area contributed by atoms with Gasteiger partial charge in [-0.3, -0.25) is 0 Å². The first-order valence-corrected chi connectivity index (χ1v) is 4.54. The molecule has 12 heavy (non-hydrogen) atoms. The van der Waals surface area contributed by atoms with Crippen molar-refractivity contribution in [2.24, 2.45) is 0 Å². The second-order valence-electron chi connectivity index (χ2n) is 2.68. The average molecular weight is 197 g/mol. The molecule has 0 bridgehead atoms. The normalized spacial score (nSPS) is 13.0. The number of terminal acetylenes is 1. The molecular weight excluding hydrogens is 188 g/mol. The van der Waals surface area contributed by atoms with Crippen LogP contribution in [0, 0.1) is 12.3 Å². The van der Waals surface area contributed by atoms with Gasteiger partial charge in [0.05, 0.1) is 5.54 Å². The minimum Gasteiger partial charge on any atom is -0.206 e. The van der Waals surface area contributed by atoms with Crippen LogP contribution in [0.15, 0.2) is 0 Å². The summed E-state index contributed by atoms with van der Waals surface area (Å²) in [5.41, 5.74) is -1.28. The first-order chi connectivity index (χ1) is 5.21. The number of hydrogen-bond acceptors (Lipinski definition) is 2. The van der Waals surface area contributed by atoms with E-state index in [9.17, 15) is 17.2 Å².